The van der Waals surface area contributed by atoms with Crippen LogP contribution in [0.3, 0.4) is 0 Å². The highest BCUT2D eigenvalue weighted by Crippen LogP contribution is 2.16. The summed E-state index contributed by atoms with van der Waals surface area (Å²) < 4.78 is 11.9. The Labute approximate surface area is 132 Å². The molecule has 0 aliphatic carbocycles. The van der Waals surface area contributed by atoms with E-state index in [9.17, 15) is 4.79 Å². The van der Waals surface area contributed by atoms with Gasteiger partial charge in [0.1, 0.15) is 12.4 Å². The first-order valence-electron chi connectivity index (χ1n) is 6.92. The number of benzene rings is 1. The number of carbonyl (C=O) groups is 1. The average Bonchev–Trinajstić information content (AvgIpc) is 3.17. The lowest BCUT2D eigenvalue weighted by Crippen LogP contribution is -2.11. The maximum Gasteiger partial charge on any atom is 0.291 e. The number of nitrogens with one attached hydrogen (secondary N) is 1. The summed E-state index contributed by atoms with van der Waals surface area (Å²) in [6, 6.07) is 10.5. The molecule has 0 unspecified atom stereocenters. The molecule has 2 heterocycles. The molecule has 8 nitrogen and oxygen atoms in total. The van der Waals surface area contributed by atoms with Gasteiger partial charge in [-0.05, 0) is 47.7 Å². The van der Waals surface area contributed by atoms with Gasteiger partial charge in [-0.2, -0.15) is 4.68 Å². The van der Waals surface area contributed by atoms with Gasteiger partial charge in [0.2, 0.25) is 0 Å². The third-order valence-corrected chi connectivity index (χ3v) is 3.15. The minimum atomic E-state index is -0.335. The molecular formula is C15H15N5O3. The highest BCUT2D eigenvalue weighted by Gasteiger charge is 2.12. The van der Waals surface area contributed by atoms with Gasteiger partial charge in [0.05, 0.1) is 5.69 Å². The molecule has 1 aromatic carbocycles. The van der Waals surface area contributed by atoms with Gasteiger partial charge in [0.15, 0.2) is 11.6 Å². The Morgan fingerprint density at radius 2 is 2.22 bits per heavy atom. The number of rotatable bonds is 5. The van der Waals surface area contributed by atoms with E-state index in [2.05, 4.69) is 20.8 Å². The van der Waals surface area contributed by atoms with E-state index in [1.807, 2.05) is 12.1 Å². The van der Waals surface area contributed by atoms with Gasteiger partial charge in [-0.25, -0.2) is 0 Å². The second kappa shape index (κ2) is 6.41. The van der Waals surface area contributed by atoms with Crippen LogP contribution in [0, 0.1) is 6.92 Å². The standard InChI is InChI=1S/C15H15N5O3/c1-10-17-18-19-20(10)12-5-3-4-11(8-12)16-15(21)14-7-6-13(23-14)9-22-2/h3-8H,9H2,1-2H3,(H,16,21). The van der Waals surface area contributed by atoms with Crippen LogP contribution in [-0.4, -0.2) is 33.2 Å². The van der Waals surface area contributed by atoms with E-state index in [1.54, 1.807) is 43.0 Å². The van der Waals surface area contributed by atoms with Crippen molar-refractivity contribution < 1.29 is 13.9 Å². The highest BCUT2D eigenvalue weighted by molar-refractivity contribution is 6.02. The van der Waals surface area contributed by atoms with E-state index >= 15 is 0 Å². The predicted molar refractivity (Wildman–Crippen MR) is 81.3 cm³/mol. The lowest BCUT2D eigenvalue weighted by atomic mass is 10.2. The van der Waals surface area contributed by atoms with Gasteiger partial charge in [-0.1, -0.05) is 6.07 Å². The fraction of sp³-hybridized carbons (Fsp3) is 0.200. The van der Waals surface area contributed by atoms with E-state index in [0.29, 0.717) is 23.9 Å². The summed E-state index contributed by atoms with van der Waals surface area (Å²) in [6.45, 7) is 2.12. The Kier molecular flexibility index (Phi) is 4.15. The summed E-state index contributed by atoms with van der Waals surface area (Å²) in [5, 5.41) is 14.1. The number of nitrogens with zero attached hydrogens (tertiary/aromatic N) is 4. The van der Waals surface area contributed by atoms with Crippen molar-refractivity contribution >= 4 is 11.6 Å². The average molecular weight is 313 g/mol. The van der Waals surface area contributed by atoms with Gasteiger partial charge in [-0.3, -0.25) is 4.79 Å². The summed E-state index contributed by atoms with van der Waals surface area (Å²) >= 11 is 0. The van der Waals surface area contributed by atoms with Crippen LogP contribution in [0.1, 0.15) is 22.1 Å². The van der Waals surface area contributed by atoms with Crippen LogP contribution in [0.5, 0.6) is 0 Å². The highest BCUT2D eigenvalue weighted by atomic mass is 16.5. The Morgan fingerprint density at radius 1 is 1.35 bits per heavy atom. The van der Waals surface area contributed by atoms with Gasteiger partial charge < -0.3 is 14.5 Å². The Bertz CT molecular complexity index is 824. The molecule has 2 aromatic heterocycles. The van der Waals surface area contributed by atoms with Crippen molar-refractivity contribution in [1.82, 2.24) is 20.2 Å². The second-order valence-electron chi connectivity index (χ2n) is 4.84. The number of furan rings is 1. The fourth-order valence-electron chi connectivity index (χ4n) is 2.10. The van der Waals surface area contributed by atoms with Crippen molar-refractivity contribution in [2.75, 3.05) is 12.4 Å². The second-order valence-corrected chi connectivity index (χ2v) is 4.84. The molecule has 0 aliphatic rings. The molecule has 23 heavy (non-hydrogen) atoms. The molecule has 8 heteroatoms. The van der Waals surface area contributed by atoms with Crippen molar-refractivity contribution in [3.05, 3.63) is 53.7 Å². The number of tetrazole rings is 1. The fourth-order valence-corrected chi connectivity index (χ4v) is 2.10. The minimum absolute atomic E-state index is 0.223. The number of hydrogen-bond donors (Lipinski definition) is 1. The van der Waals surface area contributed by atoms with E-state index in [-0.39, 0.29) is 11.7 Å². The molecule has 0 atom stereocenters. The molecular weight excluding hydrogens is 298 g/mol. The van der Waals surface area contributed by atoms with Crippen molar-refractivity contribution in [2.24, 2.45) is 0 Å². The van der Waals surface area contributed by atoms with Crippen LogP contribution < -0.4 is 5.32 Å². The molecule has 118 valence electrons. The molecule has 3 aromatic rings. The summed E-state index contributed by atoms with van der Waals surface area (Å²) in [4.78, 5) is 12.2. The first-order chi connectivity index (χ1) is 11.2. The number of ether oxygens (including phenoxy) is 1. The molecule has 0 bridgehead atoms. The minimum Gasteiger partial charge on any atom is -0.453 e. The number of carbonyl (C=O) groups excluding carboxylic acids is 1. The molecule has 1 amide bonds. The molecule has 0 aliphatic heterocycles. The third-order valence-electron chi connectivity index (χ3n) is 3.15. The number of hydrogen-bond acceptors (Lipinski definition) is 6. The molecule has 0 spiro atoms. The number of aryl methyl sites for hydroxylation is 1. The summed E-state index contributed by atoms with van der Waals surface area (Å²) in [5.74, 6) is 1.14. The zero-order chi connectivity index (χ0) is 16.2. The van der Waals surface area contributed by atoms with Crippen LogP contribution in [0.2, 0.25) is 0 Å². The maximum absolute atomic E-state index is 12.2. The van der Waals surface area contributed by atoms with Crippen molar-refractivity contribution in [1.29, 1.82) is 0 Å². The van der Waals surface area contributed by atoms with Gasteiger partial charge in [0.25, 0.3) is 5.91 Å². The molecule has 0 fully saturated rings. The first-order valence-corrected chi connectivity index (χ1v) is 6.92. The van der Waals surface area contributed by atoms with Crippen molar-refractivity contribution in [3.8, 4) is 5.69 Å². The van der Waals surface area contributed by atoms with Crippen LogP contribution in [-0.2, 0) is 11.3 Å². The Hall–Kier alpha value is -3.00. The Balaban J connectivity index is 1.77. The summed E-state index contributed by atoms with van der Waals surface area (Å²) in [6.07, 6.45) is 0. The molecule has 0 saturated heterocycles. The van der Waals surface area contributed by atoms with Crippen LogP contribution in [0.15, 0.2) is 40.8 Å². The zero-order valence-corrected chi connectivity index (χ0v) is 12.7. The monoisotopic (exact) mass is 313 g/mol. The van der Waals surface area contributed by atoms with Crippen molar-refractivity contribution in [3.63, 3.8) is 0 Å². The largest absolute Gasteiger partial charge is 0.453 e. The quantitative estimate of drug-likeness (QED) is 0.773. The lowest BCUT2D eigenvalue weighted by molar-refractivity contribution is 0.0987. The van der Waals surface area contributed by atoms with Gasteiger partial charge in [0, 0.05) is 12.8 Å². The molecule has 1 N–H and O–H groups in total. The van der Waals surface area contributed by atoms with Crippen LogP contribution >= 0.6 is 0 Å². The van der Waals surface area contributed by atoms with E-state index in [0.717, 1.165) is 5.69 Å². The maximum atomic E-state index is 12.2. The Morgan fingerprint density at radius 3 is 2.96 bits per heavy atom. The van der Waals surface area contributed by atoms with E-state index in [1.165, 1.54) is 0 Å². The molecule has 0 radical (unpaired) electrons. The molecule has 3 rings (SSSR count). The smallest absolute Gasteiger partial charge is 0.291 e. The van der Waals surface area contributed by atoms with Gasteiger partial charge >= 0.3 is 0 Å². The van der Waals surface area contributed by atoms with Crippen molar-refractivity contribution in [2.45, 2.75) is 13.5 Å². The molecule has 0 saturated carbocycles. The topological polar surface area (TPSA) is 95.1 Å². The summed E-state index contributed by atoms with van der Waals surface area (Å²) in [7, 11) is 1.56. The number of amides is 1. The van der Waals surface area contributed by atoms with Crippen LogP contribution in [0.25, 0.3) is 5.69 Å². The van der Waals surface area contributed by atoms with Gasteiger partial charge in [-0.15, -0.1) is 5.10 Å². The first kappa shape index (κ1) is 14.9. The number of aromatic nitrogens is 4. The third kappa shape index (κ3) is 3.27. The van der Waals surface area contributed by atoms with E-state index < -0.39 is 0 Å². The predicted octanol–water partition coefficient (Wildman–Crippen LogP) is 1.96. The normalized spacial score (nSPS) is 10.7. The lowest BCUT2D eigenvalue weighted by Gasteiger charge is -2.06. The SMILES string of the molecule is COCc1ccc(C(=O)Nc2cccc(-n3nnnc3C)c2)o1. The van der Waals surface area contributed by atoms with Crippen LogP contribution in [0.4, 0.5) is 5.69 Å². The number of methoxy groups -OCH3 is 1. The summed E-state index contributed by atoms with van der Waals surface area (Å²) in [5.41, 5.74) is 1.37. The zero-order valence-electron chi connectivity index (χ0n) is 12.7. The number of anilines is 1. The van der Waals surface area contributed by atoms with E-state index in [4.69, 9.17) is 9.15 Å².